The summed E-state index contributed by atoms with van der Waals surface area (Å²) in [6.07, 6.45) is 10.3. The smallest absolute Gasteiger partial charge is 0.243 e. The fourth-order valence-corrected chi connectivity index (χ4v) is 9.06. The molecule has 1 aliphatic heterocycles. The van der Waals surface area contributed by atoms with Gasteiger partial charge in [0.1, 0.15) is 0 Å². The average molecular weight is 411 g/mol. The quantitative estimate of drug-likeness (QED) is 0.735. The van der Waals surface area contributed by atoms with E-state index in [1.54, 1.807) is 4.31 Å². The van der Waals surface area contributed by atoms with E-state index in [0.29, 0.717) is 16.9 Å². The van der Waals surface area contributed by atoms with Crippen LogP contribution in [0.5, 0.6) is 0 Å². The monoisotopic (exact) mass is 410 g/mol. The molecule has 4 aliphatic carbocycles. The lowest BCUT2D eigenvalue weighted by atomic mass is 9.48. The summed E-state index contributed by atoms with van der Waals surface area (Å²) in [6, 6.07) is 11.9. The Morgan fingerprint density at radius 2 is 1.52 bits per heavy atom. The third kappa shape index (κ3) is 2.70. The third-order valence-electron chi connectivity index (χ3n) is 8.40. The second-order valence-corrected chi connectivity index (χ2v) is 12.0. The summed E-state index contributed by atoms with van der Waals surface area (Å²) >= 11 is 0. The van der Waals surface area contributed by atoms with Crippen LogP contribution >= 0.6 is 0 Å². The normalized spacial score (nSPS) is 36.3. The zero-order valence-electron chi connectivity index (χ0n) is 17.1. The third-order valence-corrected chi connectivity index (χ3v) is 10.4. The summed E-state index contributed by atoms with van der Waals surface area (Å²) in [6.45, 7) is 3.24. The molecule has 0 radical (unpaired) electrons. The Kier molecular flexibility index (Phi) is 3.90. The second kappa shape index (κ2) is 6.21. The van der Waals surface area contributed by atoms with Crippen LogP contribution in [-0.2, 0) is 22.0 Å². The van der Waals surface area contributed by atoms with Gasteiger partial charge in [-0.25, -0.2) is 8.42 Å². The van der Waals surface area contributed by atoms with E-state index in [0.717, 1.165) is 30.0 Å². The van der Waals surface area contributed by atoms with Gasteiger partial charge < -0.3 is 4.57 Å². The molecule has 29 heavy (non-hydrogen) atoms. The number of rotatable bonds is 3. The molecule has 0 saturated heterocycles. The van der Waals surface area contributed by atoms with Gasteiger partial charge in [-0.3, -0.25) is 0 Å². The molecule has 0 N–H and O–H groups in total. The molecule has 154 valence electrons. The Hall–Kier alpha value is -1.59. The van der Waals surface area contributed by atoms with Crippen molar-refractivity contribution in [3.05, 3.63) is 53.9 Å². The number of aromatic nitrogens is 1. The van der Waals surface area contributed by atoms with Crippen molar-refractivity contribution in [3.8, 4) is 0 Å². The highest BCUT2D eigenvalue weighted by atomic mass is 32.2. The molecular formula is C24H30N2O2S. The van der Waals surface area contributed by atoms with Crippen molar-refractivity contribution < 1.29 is 8.42 Å². The van der Waals surface area contributed by atoms with Gasteiger partial charge >= 0.3 is 0 Å². The fourth-order valence-electron chi connectivity index (χ4n) is 7.47. The number of hydrogen-bond acceptors (Lipinski definition) is 2. The van der Waals surface area contributed by atoms with Gasteiger partial charge in [-0.15, -0.1) is 0 Å². The molecule has 0 unspecified atom stereocenters. The van der Waals surface area contributed by atoms with E-state index in [1.807, 2.05) is 37.4 Å². The van der Waals surface area contributed by atoms with Crippen LogP contribution < -0.4 is 0 Å². The number of hydrogen-bond donors (Lipinski definition) is 0. The molecular weight excluding hydrogens is 380 g/mol. The van der Waals surface area contributed by atoms with Crippen molar-refractivity contribution in [1.82, 2.24) is 8.87 Å². The maximum Gasteiger partial charge on any atom is 0.243 e. The van der Waals surface area contributed by atoms with E-state index in [1.165, 1.54) is 44.1 Å². The topological polar surface area (TPSA) is 42.3 Å². The Bertz CT molecular complexity index is 1000. The Labute approximate surface area is 174 Å². The van der Waals surface area contributed by atoms with Gasteiger partial charge in [-0.1, -0.05) is 12.1 Å². The summed E-state index contributed by atoms with van der Waals surface area (Å²) < 4.78 is 30.6. The number of benzene rings is 1. The van der Waals surface area contributed by atoms with Crippen molar-refractivity contribution >= 4 is 10.0 Å². The number of sulfonamides is 1. The zero-order valence-corrected chi connectivity index (χ0v) is 17.9. The summed E-state index contributed by atoms with van der Waals surface area (Å²) in [5.41, 5.74) is 2.78. The molecule has 5 heteroatoms. The highest BCUT2D eigenvalue weighted by Gasteiger charge is 2.51. The highest BCUT2D eigenvalue weighted by Crippen LogP contribution is 2.60. The van der Waals surface area contributed by atoms with Crippen LogP contribution in [-0.4, -0.2) is 23.8 Å². The molecule has 4 nitrogen and oxygen atoms in total. The number of fused-ring (bicyclic) bond motifs is 1. The zero-order chi connectivity index (χ0) is 19.8. The molecule has 0 spiro atoms. The van der Waals surface area contributed by atoms with E-state index >= 15 is 0 Å². The van der Waals surface area contributed by atoms with Crippen molar-refractivity contribution in [3.63, 3.8) is 0 Å². The molecule has 4 saturated carbocycles. The van der Waals surface area contributed by atoms with E-state index in [2.05, 4.69) is 16.7 Å². The first-order valence-electron chi connectivity index (χ1n) is 11.2. The molecule has 2 heterocycles. The summed E-state index contributed by atoms with van der Waals surface area (Å²) in [7, 11) is -3.48. The minimum atomic E-state index is -3.48. The minimum absolute atomic E-state index is 0.133. The minimum Gasteiger partial charge on any atom is -0.349 e. The molecule has 0 amide bonds. The summed E-state index contributed by atoms with van der Waals surface area (Å²) in [5.74, 6) is 2.69. The van der Waals surface area contributed by atoms with Crippen molar-refractivity contribution in [2.24, 2.45) is 17.8 Å². The van der Waals surface area contributed by atoms with Crippen LogP contribution in [0, 0.1) is 17.8 Å². The van der Waals surface area contributed by atoms with E-state index < -0.39 is 10.0 Å². The average Bonchev–Trinajstić information content (AvgIpc) is 3.17. The standard InChI is InChI=1S/C24H30N2O2S/c1-17-23-3-2-8-25(23)9-10-26(17)29(27,28)22-6-4-21(5-7-22)24-14-18-11-19(15-24)13-20(12-18)16-24/h2-8,17-20H,9-16H2,1H3/t17-,18?,19?,20?,24?/m0/s1. The first-order chi connectivity index (χ1) is 13.9. The van der Waals surface area contributed by atoms with Crippen LogP contribution in [0.2, 0.25) is 0 Å². The lowest BCUT2D eigenvalue weighted by Gasteiger charge is -2.57. The van der Waals surface area contributed by atoms with E-state index in [-0.39, 0.29) is 6.04 Å². The Balaban J connectivity index is 1.30. The largest absolute Gasteiger partial charge is 0.349 e. The lowest BCUT2D eigenvalue weighted by molar-refractivity contribution is -0.00521. The summed E-state index contributed by atoms with van der Waals surface area (Å²) in [5, 5.41) is 0. The maximum absolute atomic E-state index is 13.4. The van der Waals surface area contributed by atoms with Crippen LogP contribution in [0.15, 0.2) is 47.5 Å². The van der Waals surface area contributed by atoms with E-state index in [9.17, 15) is 8.42 Å². The first kappa shape index (κ1) is 18.2. The predicted molar refractivity (Wildman–Crippen MR) is 113 cm³/mol. The Morgan fingerprint density at radius 1 is 0.897 bits per heavy atom. The van der Waals surface area contributed by atoms with Gasteiger partial charge in [-0.05, 0) is 98.4 Å². The van der Waals surface area contributed by atoms with Crippen molar-refractivity contribution in [2.45, 2.75) is 68.3 Å². The van der Waals surface area contributed by atoms with Crippen LogP contribution in [0.4, 0.5) is 0 Å². The van der Waals surface area contributed by atoms with Crippen LogP contribution in [0.25, 0.3) is 0 Å². The van der Waals surface area contributed by atoms with Gasteiger partial charge in [0.2, 0.25) is 10.0 Å². The molecule has 1 aromatic carbocycles. The highest BCUT2D eigenvalue weighted by molar-refractivity contribution is 7.89. The van der Waals surface area contributed by atoms with Crippen LogP contribution in [0.3, 0.4) is 0 Å². The van der Waals surface area contributed by atoms with Crippen LogP contribution in [0.1, 0.15) is 62.7 Å². The molecule has 5 aliphatic rings. The fraction of sp³-hybridized carbons (Fsp3) is 0.583. The molecule has 1 atom stereocenters. The maximum atomic E-state index is 13.4. The first-order valence-corrected chi connectivity index (χ1v) is 12.7. The molecule has 7 rings (SSSR count). The predicted octanol–water partition coefficient (Wildman–Crippen LogP) is 4.72. The number of nitrogens with zero attached hydrogens (tertiary/aromatic N) is 2. The lowest BCUT2D eigenvalue weighted by Crippen LogP contribution is -2.48. The molecule has 4 bridgehead atoms. The Morgan fingerprint density at radius 3 is 2.14 bits per heavy atom. The SMILES string of the molecule is C[C@H]1c2cccn2CCN1S(=O)(=O)c1ccc(C23CC4CC(CC(C4)C2)C3)cc1. The van der Waals surface area contributed by atoms with Gasteiger partial charge in [0.05, 0.1) is 10.9 Å². The van der Waals surface area contributed by atoms with Gasteiger partial charge in [0.15, 0.2) is 0 Å². The molecule has 2 aromatic rings. The van der Waals surface area contributed by atoms with Gasteiger partial charge in [-0.2, -0.15) is 4.31 Å². The molecule has 4 fully saturated rings. The van der Waals surface area contributed by atoms with Crippen molar-refractivity contribution in [2.75, 3.05) is 6.54 Å². The second-order valence-electron chi connectivity index (χ2n) is 10.1. The van der Waals surface area contributed by atoms with Crippen molar-refractivity contribution in [1.29, 1.82) is 0 Å². The van der Waals surface area contributed by atoms with E-state index in [4.69, 9.17) is 0 Å². The van der Waals surface area contributed by atoms with Gasteiger partial charge in [0.25, 0.3) is 0 Å². The summed E-state index contributed by atoms with van der Waals surface area (Å²) in [4.78, 5) is 0.442. The molecule has 1 aromatic heterocycles. The van der Waals surface area contributed by atoms with Gasteiger partial charge in [0, 0.05) is 25.0 Å².